The molecule has 1 aromatic carbocycles. The molecular formula is C14H20F2N2O. The molecule has 0 radical (unpaired) electrons. The van der Waals surface area contributed by atoms with Crippen molar-refractivity contribution in [3.8, 4) is 5.75 Å². The van der Waals surface area contributed by atoms with Gasteiger partial charge in [-0.3, -0.25) is 4.90 Å². The molecule has 1 atom stereocenters. The molecule has 5 heteroatoms. The van der Waals surface area contributed by atoms with Gasteiger partial charge >= 0.3 is 6.61 Å². The first kappa shape index (κ1) is 14.2. The van der Waals surface area contributed by atoms with Crippen LogP contribution in [0.5, 0.6) is 5.75 Å². The second-order valence-corrected chi connectivity index (χ2v) is 4.94. The predicted octanol–water partition coefficient (Wildman–Crippen LogP) is 2.47. The van der Waals surface area contributed by atoms with Gasteiger partial charge < -0.3 is 10.1 Å². The number of likely N-dealkylation sites (N-methyl/N-ethyl adjacent to an activating group) is 1. The maximum absolute atomic E-state index is 12.0. The molecule has 0 aromatic heterocycles. The lowest BCUT2D eigenvalue weighted by atomic mass is 10.1. The van der Waals surface area contributed by atoms with Gasteiger partial charge in [0.25, 0.3) is 0 Å². The van der Waals surface area contributed by atoms with E-state index in [9.17, 15) is 8.78 Å². The van der Waals surface area contributed by atoms with Gasteiger partial charge in [0, 0.05) is 19.1 Å². The van der Waals surface area contributed by atoms with Crippen LogP contribution in [0.4, 0.5) is 8.78 Å². The van der Waals surface area contributed by atoms with Crippen LogP contribution in [0, 0.1) is 0 Å². The minimum Gasteiger partial charge on any atom is -0.435 e. The maximum atomic E-state index is 12.0. The molecule has 0 amide bonds. The zero-order valence-electron chi connectivity index (χ0n) is 11.1. The van der Waals surface area contributed by atoms with E-state index in [1.807, 2.05) is 12.1 Å². The molecule has 1 aliphatic rings. The first-order valence-corrected chi connectivity index (χ1v) is 6.60. The van der Waals surface area contributed by atoms with E-state index in [0.717, 1.165) is 25.2 Å². The van der Waals surface area contributed by atoms with Crippen LogP contribution < -0.4 is 10.1 Å². The number of hydrogen-bond donors (Lipinski definition) is 1. The largest absolute Gasteiger partial charge is 0.435 e. The first-order valence-electron chi connectivity index (χ1n) is 6.60. The van der Waals surface area contributed by atoms with E-state index < -0.39 is 6.61 Å². The Bertz CT molecular complexity index is 378. The summed E-state index contributed by atoms with van der Waals surface area (Å²) in [5.41, 5.74) is 1.11. The Morgan fingerprint density at radius 3 is 2.68 bits per heavy atom. The molecule has 0 bridgehead atoms. The molecule has 0 spiro atoms. The van der Waals surface area contributed by atoms with Gasteiger partial charge in [-0.1, -0.05) is 12.1 Å². The van der Waals surface area contributed by atoms with E-state index >= 15 is 0 Å². The Balaban J connectivity index is 1.87. The van der Waals surface area contributed by atoms with Crippen molar-refractivity contribution < 1.29 is 13.5 Å². The molecule has 0 saturated carbocycles. The molecule has 1 unspecified atom stereocenters. The Morgan fingerprint density at radius 1 is 1.37 bits per heavy atom. The lowest BCUT2D eigenvalue weighted by Gasteiger charge is -2.31. The van der Waals surface area contributed by atoms with Crippen LogP contribution >= 0.6 is 0 Å². The van der Waals surface area contributed by atoms with E-state index in [1.165, 1.54) is 12.8 Å². The molecule has 19 heavy (non-hydrogen) atoms. The zero-order chi connectivity index (χ0) is 13.7. The number of ether oxygens (including phenoxy) is 1. The summed E-state index contributed by atoms with van der Waals surface area (Å²) in [6.07, 6.45) is 2.41. The van der Waals surface area contributed by atoms with E-state index in [2.05, 4.69) is 22.0 Å². The summed E-state index contributed by atoms with van der Waals surface area (Å²) in [6, 6.07) is 7.41. The van der Waals surface area contributed by atoms with Crippen molar-refractivity contribution in [2.75, 3.05) is 20.1 Å². The summed E-state index contributed by atoms with van der Waals surface area (Å²) in [5, 5.41) is 3.39. The van der Waals surface area contributed by atoms with Crippen LogP contribution in [0.3, 0.4) is 0 Å². The van der Waals surface area contributed by atoms with Crippen LogP contribution in [0.2, 0.25) is 0 Å². The van der Waals surface area contributed by atoms with Crippen LogP contribution in [0.15, 0.2) is 24.3 Å². The Morgan fingerprint density at radius 2 is 2.11 bits per heavy atom. The van der Waals surface area contributed by atoms with Crippen molar-refractivity contribution in [3.63, 3.8) is 0 Å². The number of benzene rings is 1. The number of nitrogens with zero attached hydrogens (tertiary/aromatic N) is 1. The molecule has 1 aliphatic heterocycles. The van der Waals surface area contributed by atoms with Crippen LogP contribution in [-0.4, -0.2) is 37.7 Å². The van der Waals surface area contributed by atoms with Crippen molar-refractivity contribution in [1.29, 1.82) is 0 Å². The van der Waals surface area contributed by atoms with Gasteiger partial charge in [0.1, 0.15) is 5.75 Å². The van der Waals surface area contributed by atoms with Crippen molar-refractivity contribution in [1.82, 2.24) is 10.2 Å². The average molecular weight is 270 g/mol. The van der Waals surface area contributed by atoms with Crippen LogP contribution in [-0.2, 0) is 6.54 Å². The van der Waals surface area contributed by atoms with Crippen molar-refractivity contribution in [2.24, 2.45) is 0 Å². The van der Waals surface area contributed by atoms with Gasteiger partial charge in [0.05, 0.1) is 0 Å². The number of hydrogen-bond acceptors (Lipinski definition) is 3. The van der Waals surface area contributed by atoms with Crippen molar-refractivity contribution >= 4 is 0 Å². The molecule has 1 N–H and O–H groups in total. The van der Waals surface area contributed by atoms with E-state index in [4.69, 9.17) is 0 Å². The van der Waals surface area contributed by atoms with Gasteiger partial charge in [-0.2, -0.15) is 8.78 Å². The fourth-order valence-corrected chi connectivity index (χ4v) is 2.40. The summed E-state index contributed by atoms with van der Waals surface area (Å²) in [7, 11) is 2.10. The molecule has 3 nitrogen and oxygen atoms in total. The highest BCUT2D eigenvalue weighted by atomic mass is 19.3. The van der Waals surface area contributed by atoms with E-state index in [-0.39, 0.29) is 5.75 Å². The Labute approximate surface area is 112 Å². The van der Waals surface area contributed by atoms with Gasteiger partial charge in [-0.25, -0.2) is 0 Å². The smallest absolute Gasteiger partial charge is 0.387 e. The lowest BCUT2D eigenvalue weighted by molar-refractivity contribution is -0.0498. The second kappa shape index (κ2) is 6.82. The molecule has 0 aliphatic carbocycles. The standard InChI is InChI=1S/C14H20F2N2O/c1-18(12-3-2-8-17-9-12)10-11-4-6-13(7-5-11)19-14(15)16/h4-7,12,14,17H,2-3,8-10H2,1H3. The monoisotopic (exact) mass is 270 g/mol. The summed E-state index contributed by atoms with van der Waals surface area (Å²) in [5.74, 6) is 0.209. The minimum atomic E-state index is -2.76. The van der Waals surface area contributed by atoms with Crippen molar-refractivity contribution in [2.45, 2.75) is 32.0 Å². The third kappa shape index (κ3) is 4.44. The third-order valence-corrected chi connectivity index (χ3v) is 3.47. The fraction of sp³-hybridized carbons (Fsp3) is 0.571. The summed E-state index contributed by atoms with van der Waals surface area (Å²) >= 11 is 0. The van der Waals surface area contributed by atoms with E-state index in [0.29, 0.717) is 6.04 Å². The highest BCUT2D eigenvalue weighted by molar-refractivity contribution is 5.27. The van der Waals surface area contributed by atoms with Gasteiger partial charge in [-0.15, -0.1) is 0 Å². The summed E-state index contributed by atoms with van der Waals surface area (Å²) in [4.78, 5) is 2.30. The molecular weight excluding hydrogens is 250 g/mol. The molecule has 1 aromatic rings. The number of alkyl halides is 2. The normalized spacial score (nSPS) is 19.9. The average Bonchev–Trinajstić information content (AvgIpc) is 2.41. The molecule has 2 rings (SSSR count). The molecule has 1 heterocycles. The molecule has 1 fully saturated rings. The third-order valence-electron chi connectivity index (χ3n) is 3.47. The number of nitrogens with one attached hydrogen (secondary N) is 1. The van der Waals surface area contributed by atoms with E-state index in [1.54, 1.807) is 12.1 Å². The van der Waals surface area contributed by atoms with Gasteiger partial charge in [-0.05, 0) is 44.1 Å². The number of rotatable bonds is 5. The predicted molar refractivity (Wildman–Crippen MR) is 70.4 cm³/mol. The minimum absolute atomic E-state index is 0.209. The van der Waals surface area contributed by atoms with Crippen molar-refractivity contribution in [3.05, 3.63) is 29.8 Å². The molecule has 106 valence electrons. The van der Waals surface area contributed by atoms with Crippen LogP contribution in [0.1, 0.15) is 18.4 Å². The lowest BCUT2D eigenvalue weighted by Crippen LogP contribution is -2.43. The quantitative estimate of drug-likeness (QED) is 0.889. The first-order chi connectivity index (χ1) is 9.15. The maximum Gasteiger partial charge on any atom is 0.387 e. The summed E-state index contributed by atoms with van der Waals surface area (Å²) < 4.78 is 28.4. The second-order valence-electron chi connectivity index (χ2n) is 4.94. The molecule has 1 saturated heterocycles. The topological polar surface area (TPSA) is 24.5 Å². The highest BCUT2D eigenvalue weighted by Crippen LogP contribution is 2.17. The summed E-state index contributed by atoms with van der Waals surface area (Å²) in [6.45, 7) is 0.177. The Hall–Kier alpha value is -1.20. The van der Waals surface area contributed by atoms with Gasteiger partial charge in [0.2, 0.25) is 0 Å². The van der Waals surface area contributed by atoms with Gasteiger partial charge in [0.15, 0.2) is 0 Å². The fourth-order valence-electron chi connectivity index (χ4n) is 2.40. The number of piperidine rings is 1. The van der Waals surface area contributed by atoms with Crippen LogP contribution in [0.25, 0.3) is 0 Å². The Kier molecular flexibility index (Phi) is 5.10. The SMILES string of the molecule is CN(Cc1ccc(OC(F)F)cc1)C1CCCNC1. The highest BCUT2D eigenvalue weighted by Gasteiger charge is 2.17. The number of halogens is 2. The zero-order valence-corrected chi connectivity index (χ0v) is 11.1.